The highest BCUT2D eigenvalue weighted by atomic mass is 16.4. The molecule has 0 unspecified atom stereocenters. The second-order valence-electron chi connectivity index (χ2n) is 3.89. The largest absolute Gasteiger partial charge is 0.478 e. The van der Waals surface area contributed by atoms with E-state index >= 15 is 0 Å². The van der Waals surface area contributed by atoms with Crippen molar-refractivity contribution in [3.63, 3.8) is 0 Å². The molecule has 74 valence electrons. The molecule has 3 nitrogen and oxygen atoms in total. The number of nitrogens with zero attached hydrogens (tertiary/aromatic N) is 1. The molecule has 0 atom stereocenters. The molecule has 1 aliphatic rings. The Hall–Kier alpha value is -0.990. The van der Waals surface area contributed by atoms with Crippen LogP contribution in [-0.4, -0.2) is 28.6 Å². The van der Waals surface area contributed by atoms with Crippen LogP contribution in [0, 0.1) is 5.92 Å². The van der Waals surface area contributed by atoms with Crippen molar-refractivity contribution in [3.8, 4) is 0 Å². The normalized spacial score (nSPS) is 16.8. The standard InChI is InChI=1S/C10H17NO2/c1-8(2)11(6-5-10(12)13)7-9-3-4-9/h5-6,8-9H,3-4,7H2,1-2H3,(H,12,13). The van der Waals surface area contributed by atoms with Crippen molar-refractivity contribution < 1.29 is 9.90 Å². The summed E-state index contributed by atoms with van der Waals surface area (Å²) in [4.78, 5) is 12.4. The third kappa shape index (κ3) is 3.97. The Morgan fingerprint density at radius 1 is 1.62 bits per heavy atom. The maximum atomic E-state index is 10.3. The highest BCUT2D eigenvalue weighted by Crippen LogP contribution is 2.30. The molecule has 0 heterocycles. The van der Waals surface area contributed by atoms with Crippen LogP contribution in [0.4, 0.5) is 0 Å². The lowest BCUT2D eigenvalue weighted by Gasteiger charge is -2.24. The highest BCUT2D eigenvalue weighted by molar-refractivity contribution is 5.79. The van der Waals surface area contributed by atoms with E-state index in [-0.39, 0.29) is 0 Å². The van der Waals surface area contributed by atoms with Crippen LogP contribution < -0.4 is 0 Å². The van der Waals surface area contributed by atoms with Crippen LogP contribution in [0.3, 0.4) is 0 Å². The summed E-state index contributed by atoms with van der Waals surface area (Å²) in [6.07, 6.45) is 5.49. The van der Waals surface area contributed by atoms with Crippen LogP contribution in [0.1, 0.15) is 26.7 Å². The first-order chi connectivity index (χ1) is 6.09. The minimum absolute atomic E-state index is 0.385. The second kappa shape index (κ2) is 4.30. The van der Waals surface area contributed by atoms with Gasteiger partial charge in [-0.15, -0.1) is 0 Å². The van der Waals surface area contributed by atoms with Gasteiger partial charge in [0.25, 0.3) is 0 Å². The number of carbonyl (C=O) groups is 1. The molecule has 0 spiro atoms. The molecular weight excluding hydrogens is 166 g/mol. The molecule has 0 saturated heterocycles. The second-order valence-corrected chi connectivity index (χ2v) is 3.89. The number of carboxylic acids is 1. The fraction of sp³-hybridized carbons (Fsp3) is 0.700. The molecule has 0 aromatic heterocycles. The Bertz CT molecular complexity index is 207. The molecule has 13 heavy (non-hydrogen) atoms. The van der Waals surface area contributed by atoms with E-state index in [2.05, 4.69) is 18.7 Å². The molecule has 0 bridgehead atoms. The molecule has 1 saturated carbocycles. The Morgan fingerprint density at radius 3 is 2.62 bits per heavy atom. The van der Waals surface area contributed by atoms with Crippen LogP contribution in [0.15, 0.2) is 12.3 Å². The molecule has 0 aliphatic heterocycles. The molecular formula is C10H17NO2. The van der Waals surface area contributed by atoms with E-state index in [0.29, 0.717) is 6.04 Å². The van der Waals surface area contributed by atoms with Crippen molar-refractivity contribution in [1.82, 2.24) is 4.90 Å². The van der Waals surface area contributed by atoms with Crippen molar-refractivity contribution in [2.24, 2.45) is 5.92 Å². The van der Waals surface area contributed by atoms with Crippen molar-refractivity contribution in [2.75, 3.05) is 6.54 Å². The van der Waals surface area contributed by atoms with Crippen molar-refractivity contribution in [1.29, 1.82) is 0 Å². The molecule has 1 rings (SSSR count). The summed E-state index contributed by atoms with van der Waals surface area (Å²) >= 11 is 0. The van der Waals surface area contributed by atoms with Gasteiger partial charge in [-0.25, -0.2) is 4.79 Å². The van der Waals surface area contributed by atoms with Crippen LogP contribution in [0.2, 0.25) is 0 Å². The predicted octanol–water partition coefficient (Wildman–Crippen LogP) is 1.71. The lowest BCUT2D eigenvalue weighted by molar-refractivity contribution is -0.131. The Kier molecular flexibility index (Phi) is 3.34. The van der Waals surface area contributed by atoms with Crippen LogP contribution in [0.25, 0.3) is 0 Å². The van der Waals surface area contributed by atoms with Gasteiger partial charge in [0.1, 0.15) is 0 Å². The maximum Gasteiger partial charge on any atom is 0.329 e. The van der Waals surface area contributed by atoms with Crippen molar-refractivity contribution >= 4 is 5.97 Å². The van der Waals surface area contributed by atoms with Crippen molar-refractivity contribution in [2.45, 2.75) is 32.7 Å². The van der Waals surface area contributed by atoms with Gasteiger partial charge in [-0.1, -0.05) is 0 Å². The number of carboxylic acid groups (broad SMARTS) is 1. The Labute approximate surface area is 79.0 Å². The van der Waals surface area contributed by atoms with E-state index in [4.69, 9.17) is 5.11 Å². The summed E-state index contributed by atoms with van der Waals surface area (Å²) in [5.41, 5.74) is 0. The summed E-state index contributed by atoms with van der Waals surface area (Å²) in [5, 5.41) is 8.48. The highest BCUT2D eigenvalue weighted by Gasteiger charge is 2.23. The fourth-order valence-electron chi connectivity index (χ4n) is 1.20. The third-order valence-corrected chi connectivity index (χ3v) is 2.24. The maximum absolute atomic E-state index is 10.3. The lowest BCUT2D eigenvalue weighted by atomic mass is 10.3. The van der Waals surface area contributed by atoms with Gasteiger partial charge in [-0.2, -0.15) is 0 Å². The van der Waals surface area contributed by atoms with Gasteiger partial charge in [0, 0.05) is 24.9 Å². The Morgan fingerprint density at radius 2 is 2.23 bits per heavy atom. The van der Waals surface area contributed by atoms with Crippen molar-refractivity contribution in [3.05, 3.63) is 12.3 Å². The number of hydrogen-bond acceptors (Lipinski definition) is 2. The smallest absolute Gasteiger partial charge is 0.329 e. The number of aliphatic carboxylic acids is 1. The van der Waals surface area contributed by atoms with Gasteiger partial charge in [0.2, 0.25) is 0 Å². The van der Waals surface area contributed by atoms with Gasteiger partial charge >= 0.3 is 5.97 Å². The van der Waals surface area contributed by atoms with E-state index in [1.807, 2.05) is 0 Å². The van der Waals surface area contributed by atoms with Crippen LogP contribution >= 0.6 is 0 Å². The molecule has 0 aromatic carbocycles. The predicted molar refractivity (Wildman–Crippen MR) is 51.3 cm³/mol. The van der Waals surface area contributed by atoms with Crippen LogP contribution in [0.5, 0.6) is 0 Å². The topological polar surface area (TPSA) is 40.5 Å². The minimum Gasteiger partial charge on any atom is -0.478 e. The molecule has 1 fully saturated rings. The van der Waals surface area contributed by atoms with E-state index in [9.17, 15) is 4.79 Å². The number of rotatable bonds is 5. The zero-order valence-corrected chi connectivity index (χ0v) is 8.23. The van der Waals surface area contributed by atoms with Gasteiger partial charge in [-0.05, 0) is 32.6 Å². The van der Waals surface area contributed by atoms with E-state index < -0.39 is 5.97 Å². The molecule has 3 heteroatoms. The molecule has 0 radical (unpaired) electrons. The zero-order chi connectivity index (χ0) is 9.84. The van der Waals surface area contributed by atoms with Gasteiger partial charge in [0.15, 0.2) is 0 Å². The van der Waals surface area contributed by atoms with Gasteiger partial charge < -0.3 is 10.0 Å². The fourth-order valence-corrected chi connectivity index (χ4v) is 1.20. The first-order valence-electron chi connectivity index (χ1n) is 4.76. The first-order valence-corrected chi connectivity index (χ1v) is 4.76. The average molecular weight is 183 g/mol. The third-order valence-electron chi connectivity index (χ3n) is 2.24. The number of hydrogen-bond donors (Lipinski definition) is 1. The quantitative estimate of drug-likeness (QED) is 0.659. The van der Waals surface area contributed by atoms with Gasteiger partial charge in [0.05, 0.1) is 0 Å². The van der Waals surface area contributed by atoms with E-state index in [1.165, 1.54) is 18.9 Å². The minimum atomic E-state index is -0.874. The van der Waals surface area contributed by atoms with Gasteiger partial charge in [-0.3, -0.25) is 0 Å². The SMILES string of the molecule is CC(C)N(C=CC(=O)O)CC1CC1. The summed E-state index contributed by atoms with van der Waals surface area (Å²) < 4.78 is 0. The van der Waals surface area contributed by atoms with Crippen LogP contribution in [-0.2, 0) is 4.79 Å². The monoisotopic (exact) mass is 183 g/mol. The summed E-state index contributed by atoms with van der Waals surface area (Å²) in [6, 6.07) is 0.385. The molecule has 1 N–H and O–H groups in total. The molecule has 1 aliphatic carbocycles. The first kappa shape index (κ1) is 10.1. The lowest BCUT2D eigenvalue weighted by Crippen LogP contribution is -2.27. The summed E-state index contributed by atoms with van der Waals surface area (Å²) in [6.45, 7) is 5.16. The average Bonchev–Trinajstić information content (AvgIpc) is 2.80. The van der Waals surface area contributed by atoms with E-state index in [1.54, 1.807) is 6.20 Å². The molecule has 0 amide bonds. The van der Waals surface area contributed by atoms with E-state index in [0.717, 1.165) is 12.5 Å². The summed E-state index contributed by atoms with van der Waals surface area (Å²) in [5.74, 6) is -0.0812. The summed E-state index contributed by atoms with van der Waals surface area (Å²) in [7, 11) is 0. The molecule has 0 aromatic rings. The zero-order valence-electron chi connectivity index (χ0n) is 8.23. The Balaban J connectivity index is 2.40.